The highest BCUT2D eigenvalue weighted by atomic mass is 32.2. The largest absolute Gasteiger partial charge is 0.299 e. The molecule has 0 spiro atoms. The van der Waals surface area contributed by atoms with Crippen molar-refractivity contribution in [3.63, 3.8) is 0 Å². The molecule has 1 fully saturated rings. The van der Waals surface area contributed by atoms with E-state index in [-0.39, 0.29) is 5.12 Å². The monoisotopic (exact) mass is 271 g/mol. The van der Waals surface area contributed by atoms with Gasteiger partial charge in [0, 0.05) is 18.2 Å². The van der Waals surface area contributed by atoms with E-state index in [2.05, 4.69) is 25.7 Å². The van der Waals surface area contributed by atoms with Gasteiger partial charge in [-0.3, -0.25) is 9.69 Å². The molecule has 0 N–H and O–H groups in total. The van der Waals surface area contributed by atoms with Gasteiger partial charge in [0.1, 0.15) is 0 Å². The van der Waals surface area contributed by atoms with Crippen LogP contribution in [0, 0.1) is 5.92 Å². The Balaban J connectivity index is 2.71. The number of carbonyl (C=O) groups excluding carboxylic acids is 1. The highest BCUT2D eigenvalue weighted by Gasteiger charge is 2.32. The molecule has 18 heavy (non-hydrogen) atoms. The Labute approximate surface area is 117 Å². The second-order valence-electron chi connectivity index (χ2n) is 5.77. The molecule has 0 bridgehead atoms. The third kappa shape index (κ3) is 4.93. The van der Waals surface area contributed by atoms with E-state index in [1.165, 1.54) is 45.2 Å². The smallest absolute Gasteiger partial charge is 0.186 e. The summed E-state index contributed by atoms with van der Waals surface area (Å²) in [6.07, 6.45) is 6.30. The van der Waals surface area contributed by atoms with Crippen LogP contribution in [0.2, 0.25) is 0 Å². The van der Waals surface area contributed by atoms with Gasteiger partial charge < -0.3 is 0 Å². The van der Waals surface area contributed by atoms with Gasteiger partial charge in [0.05, 0.1) is 0 Å². The fourth-order valence-electron chi connectivity index (χ4n) is 3.04. The third-order valence-corrected chi connectivity index (χ3v) is 4.94. The van der Waals surface area contributed by atoms with Crippen molar-refractivity contribution in [1.82, 2.24) is 4.90 Å². The van der Waals surface area contributed by atoms with Crippen LogP contribution in [0.25, 0.3) is 0 Å². The van der Waals surface area contributed by atoms with E-state index >= 15 is 0 Å². The molecule has 1 saturated heterocycles. The molecule has 1 heterocycles. The van der Waals surface area contributed by atoms with Crippen molar-refractivity contribution in [3.05, 3.63) is 0 Å². The zero-order valence-electron chi connectivity index (χ0n) is 12.4. The van der Waals surface area contributed by atoms with Crippen LogP contribution in [0.5, 0.6) is 0 Å². The molecule has 0 aromatic carbocycles. The molecule has 106 valence electrons. The van der Waals surface area contributed by atoms with Crippen molar-refractivity contribution in [1.29, 1.82) is 0 Å². The van der Waals surface area contributed by atoms with Gasteiger partial charge in [-0.2, -0.15) is 0 Å². The molecule has 2 atom stereocenters. The minimum Gasteiger partial charge on any atom is -0.299 e. The Kier molecular flexibility index (Phi) is 7.31. The third-order valence-electron chi connectivity index (χ3n) is 3.79. The van der Waals surface area contributed by atoms with Gasteiger partial charge in [0.2, 0.25) is 0 Å². The lowest BCUT2D eigenvalue weighted by atomic mass is 9.96. The van der Waals surface area contributed by atoms with Crippen molar-refractivity contribution < 1.29 is 4.79 Å². The minimum absolute atomic E-state index is 0.279. The summed E-state index contributed by atoms with van der Waals surface area (Å²) in [4.78, 5) is 14.1. The molecule has 1 aliphatic rings. The molecule has 2 nitrogen and oxygen atoms in total. The van der Waals surface area contributed by atoms with E-state index in [0.717, 1.165) is 0 Å². The first-order chi connectivity index (χ1) is 8.56. The van der Waals surface area contributed by atoms with Crippen LogP contribution in [-0.2, 0) is 4.79 Å². The fourth-order valence-corrected chi connectivity index (χ4v) is 4.38. The average molecular weight is 271 g/mol. The van der Waals surface area contributed by atoms with Crippen LogP contribution < -0.4 is 0 Å². The average Bonchev–Trinajstić information content (AvgIpc) is 2.78. The van der Waals surface area contributed by atoms with Crippen molar-refractivity contribution in [2.75, 3.05) is 13.1 Å². The van der Waals surface area contributed by atoms with Crippen LogP contribution in [0.1, 0.15) is 59.8 Å². The van der Waals surface area contributed by atoms with Crippen molar-refractivity contribution in [2.45, 2.75) is 71.1 Å². The normalized spacial score (nSPS) is 20.3. The Morgan fingerprint density at radius 3 is 2.33 bits per heavy atom. The van der Waals surface area contributed by atoms with E-state index in [0.29, 0.717) is 17.2 Å². The van der Waals surface area contributed by atoms with Gasteiger partial charge in [-0.05, 0) is 38.3 Å². The van der Waals surface area contributed by atoms with Gasteiger partial charge >= 0.3 is 0 Å². The van der Waals surface area contributed by atoms with Gasteiger partial charge in [-0.15, -0.1) is 0 Å². The molecule has 1 rings (SSSR count). The van der Waals surface area contributed by atoms with E-state index in [1.807, 2.05) is 0 Å². The second-order valence-corrected chi connectivity index (χ2v) is 7.18. The predicted octanol–water partition coefficient (Wildman–Crippen LogP) is 3.95. The van der Waals surface area contributed by atoms with E-state index in [4.69, 9.17) is 0 Å². The van der Waals surface area contributed by atoms with Crippen molar-refractivity contribution in [3.8, 4) is 0 Å². The van der Waals surface area contributed by atoms with Crippen molar-refractivity contribution in [2.24, 2.45) is 5.92 Å². The quantitative estimate of drug-likeness (QED) is 0.699. The molecule has 0 unspecified atom stereocenters. The molecule has 0 aromatic heterocycles. The lowest BCUT2D eigenvalue weighted by Crippen LogP contribution is -2.44. The lowest BCUT2D eigenvalue weighted by Gasteiger charge is -2.36. The van der Waals surface area contributed by atoms with Crippen LogP contribution in [0.15, 0.2) is 0 Å². The Hall–Kier alpha value is -0.0200. The summed E-state index contributed by atoms with van der Waals surface area (Å²) in [5.74, 6) is 0.636. The van der Waals surface area contributed by atoms with Gasteiger partial charge in [-0.25, -0.2) is 0 Å². The molecule has 0 amide bonds. The minimum atomic E-state index is 0.279. The van der Waals surface area contributed by atoms with E-state index < -0.39 is 0 Å². The standard InChI is InChI=1S/C15H29NOS/c1-5-6-9-14(18-13(4)17)15(12(2)3)16-10-7-8-11-16/h12,14-15H,5-11H2,1-4H3/t14-,15+/m1/s1. The summed E-state index contributed by atoms with van der Waals surface area (Å²) in [5, 5.41) is 0.765. The number of unbranched alkanes of at least 4 members (excludes halogenated alkanes) is 1. The highest BCUT2D eigenvalue weighted by Crippen LogP contribution is 2.31. The molecular formula is C15H29NOS. The van der Waals surface area contributed by atoms with Gasteiger partial charge in [-0.1, -0.05) is 45.4 Å². The van der Waals surface area contributed by atoms with Gasteiger partial charge in [0.25, 0.3) is 0 Å². The zero-order valence-corrected chi connectivity index (χ0v) is 13.3. The topological polar surface area (TPSA) is 20.3 Å². The van der Waals surface area contributed by atoms with E-state index in [1.54, 1.807) is 18.7 Å². The Morgan fingerprint density at radius 1 is 1.28 bits per heavy atom. The lowest BCUT2D eigenvalue weighted by molar-refractivity contribution is -0.109. The SMILES string of the molecule is CCCC[C@@H](SC(C)=O)[C@H](C(C)C)N1CCCC1. The van der Waals surface area contributed by atoms with E-state index in [9.17, 15) is 4.79 Å². The summed E-state index contributed by atoms with van der Waals surface area (Å²) in [6.45, 7) is 11.0. The molecule has 0 saturated carbocycles. The first-order valence-corrected chi connectivity index (χ1v) is 8.35. The predicted molar refractivity (Wildman–Crippen MR) is 81.0 cm³/mol. The van der Waals surface area contributed by atoms with Crippen LogP contribution >= 0.6 is 11.8 Å². The number of hydrogen-bond acceptors (Lipinski definition) is 3. The number of rotatable bonds is 7. The number of hydrogen-bond donors (Lipinski definition) is 0. The Bertz CT molecular complexity index is 249. The molecule has 3 heteroatoms. The number of nitrogens with zero attached hydrogens (tertiary/aromatic N) is 1. The maximum absolute atomic E-state index is 11.5. The maximum Gasteiger partial charge on any atom is 0.186 e. The molecule has 0 radical (unpaired) electrons. The number of thioether (sulfide) groups is 1. The van der Waals surface area contributed by atoms with Crippen LogP contribution in [0.4, 0.5) is 0 Å². The molecule has 0 aliphatic carbocycles. The van der Waals surface area contributed by atoms with Gasteiger partial charge in [0.15, 0.2) is 5.12 Å². The summed E-state index contributed by atoms with van der Waals surface area (Å²) in [7, 11) is 0. The molecule has 0 aromatic rings. The number of likely N-dealkylation sites (tertiary alicyclic amines) is 1. The summed E-state index contributed by atoms with van der Waals surface area (Å²) in [5.41, 5.74) is 0. The summed E-state index contributed by atoms with van der Waals surface area (Å²) < 4.78 is 0. The van der Waals surface area contributed by atoms with Crippen LogP contribution in [-0.4, -0.2) is 34.4 Å². The van der Waals surface area contributed by atoms with Crippen LogP contribution in [0.3, 0.4) is 0 Å². The first kappa shape index (κ1) is 16.0. The second kappa shape index (κ2) is 8.21. The van der Waals surface area contributed by atoms with Crippen molar-refractivity contribution >= 4 is 16.9 Å². The Morgan fingerprint density at radius 2 is 1.89 bits per heavy atom. The highest BCUT2D eigenvalue weighted by molar-refractivity contribution is 8.14. The summed E-state index contributed by atoms with van der Waals surface area (Å²) >= 11 is 1.58. The molecular weight excluding hydrogens is 242 g/mol. The first-order valence-electron chi connectivity index (χ1n) is 7.47. The molecule has 1 aliphatic heterocycles. The zero-order chi connectivity index (χ0) is 13.5. The number of carbonyl (C=O) groups is 1. The fraction of sp³-hybridized carbons (Fsp3) is 0.933. The summed E-state index contributed by atoms with van der Waals surface area (Å²) in [6, 6.07) is 0.577. The maximum atomic E-state index is 11.5.